The normalized spacial score (nSPS) is 14.4. The van der Waals surface area contributed by atoms with Crippen LogP contribution in [0, 0.1) is 0 Å². The number of anilines is 6. The first-order valence-corrected chi connectivity index (χ1v) is 20.8. The van der Waals surface area contributed by atoms with Crippen LogP contribution in [0.2, 0.25) is 0 Å². The first kappa shape index (κ1) is 32.8. The van der Waals surface area contributed by atoms with Crippen molar-refractivity contribution >= 4 is 77.2 Å². The lowest BCUT2D eigenvalue weighted by atomic mass is 9.74. The highest BCUT2D eigenvalue weighted by Gasteiger charge is 2.42. The average Bonchev–Trinajstić information content (AvgIpc) is 3.57. The van der Waals surface area contributed by atoms with Crippen LogP contribution in [0.25, 0.3) is 54.2 Å². The van der Waals surface area contributed by atoms with E-state index in [1.807, 2.05) is 12.1 Å². The standard InChI is InChI=1S/C55H38N2O2/c1-3-55(4-2)41-20-6-5-15-33(41)40-31-52-48(32-42(40)55)57(47-23-9-12-26-51(47)59-52)44-30-28-37-34-16-13-18-38-43(29-27-36(53(34)38)35-17-14-19-39(44)54(35)37)56-45-21-7-10-24-49(45)58-50-25-11-8-22-46(50)56/h5-32H,3-4H2,1-2H3. The molecule has 0 fully saturated rings. The molecule has 0 atom stereocenters. The molecule has 0 saturated heterocycles. The Morgan fingerprint density at radius 2 is 0.814 bits per heavy atom. The summed E-state index contributed by atoms with van der Waals surface area (Å²) in [5.41, 5.74) is 11.8. The summed E-state index contributed by atoms with van der Waals surface area (Å²) in [5.74, 6) is 3.45. The van der Waals surface area contributed by atoms with Gasteiger partial charge in [0.1, 0.15) is 0 Å². The minimum absolute atomic E-state index is 0.0594. The van der Waals surface area contributed by atoms with Crippen molar-refractivity contribution < 1.29 is 9.47 Å². The predicted molar refractivity (Wildman–Crippen MR) is 244 cm³/mol. The van der Waals surface area contributed by atoms with Crippen molar-refractivity contribution in [2.75, 3.05) is 9.80 Å². The molecule has 0 bridgehead atoms. The quantitative estimate of drug-likeness (QED) is 0.132. The molecule has 2 aliphatic heterocycles. The molecule has 1 aliphatic carbocycles. The fraction of sp³-hybridized carbons (Fsp3) is 0.0909. The van der Waals surface area contributed by atoms with E-state index in [-0.39, 0.29) is 5.41 Å². The lowest BCUT2D eigenvalue weighted by molar-refractivity contribution is 0.472. The van der Waals surface area contributed by atoms with Crippen molar-refractivity contribution in [1.82, 2.24) is 0 Å². The second kappa shape index (κ2) is 11.9. The average molecular weight is 759 g/mol. The number of nitrogens with zero attached hydrogens (tertiary/aromatic N) is 2. The molecule has 4 heteroatoms. The maximum atomic E-state index is 6.83. The van der Waals surface area contributed by atoms with E-state index in [1.54, 1.807) is 0 Å². The molecular weight excluding hydrogens is 721 g/mol. The van der Waals surface area contributed by atoms with E-state index >= 15 is 0 Å². The van der Waals surface area contributed by atoms with E-state index in [4.69, 9.17) is 9.47 Å². The molecule has 0 N–H and O–H groups in total. The Balaban J connectivity index is 1.06. The van der Waals surface area contributed by atoms with Crippen molar-refractivity contribution in [3.63, 3.8) is 0 Å². The lowest BCUT2D eigenvalue weighted by Gasteiger charge is -2.36. The molecule has 59 heavy (non-hydrogen) atoms. The Bertz CT molecular complexity index is 3330. The number of benzene rings is 10. The molecule has 0 saturated carbocycles. The van der Waals surface area contributed by atoms with E-state index in [0.29, 0.717) is 0 Å². The van der Waals surface area contributed by atoms with E-state index in [0.717, 1.165) is 70.0 Å². The molecule has 0 amide bonds. The van der Waals surface area contributed by atoms with Gasteiger partial charge in [0.15, 0.2) is 23.0 Å². The third kappa shape index (κ3) is 4.23. The molecule has 13 rings (SSSR count). The molecular formula is C55H38N2O2. The van der Waals surface area contributed by atoms with Crippen LogP contribution in [-0.4, -0.2) is 0 Å². The van der Waals surface area contributed by atoms with Gasteiger partial charge in [0.2, 0.25) is 0 Å². The van der Waals surface area contributed by atoms with Gasteiger partial charge in [-0.25, -0.2) is 0 Å². The van der Waals surface area contributed by atoms with Crippen LogP contribution in [0.4, 0.5) is 34.1 Å². The highest BCUT2D eigenvalue weighted by molar-refractivity contribution is 6.35. The fourth-order valence-electron chi connectivity index (χ4n) is 11.0. The molecule has 0 radical (unpaired) electrons. The van der Waals surface area contributed by atoms with Crippen molar-refractivity contribution in [2.45, 2.75) is 32.1 Å². The number of fused-ring (bicyclic) bond motifs is 9. The van der Waals surface area contributed by atoms with Crippen LogP contribution in [0.1, 0.15) is 37.8 Å². The predicted octanol–water partition coefficient (Wildman–Crippen LogP) is 16.0. The first-order valence-electron chi connectivity index (χ1n) is 20.8. The van der Waals surface area contributed by atoms with Gasteiger partial charge >= 0.3 is 0 Å². The van der Waals surface area contributed by atoms with Gasteiger partial charge < -0.3 is 19.3 Å². The number of hydrogen-bond acceptors (Lipinski definition) is 4. The molecule has 0 spiro atoms. The zero-order valence-electron chi connectivity index (χ0n) is 32.8. The molecule has 2 heterocycles. The minimum Gasteiger partial charge on any atom is -0.453 e. The van der Waals surface area contributed by atoms with E-state index in [1.165, 1.54) is 65.3 Å². The SMILES string of the molecule is CCC1(CC)c2ccccc2-c2cc3c(cc21)N(c1ccc2c4cccc5c(N6c7ccccc7Oc7ccccc76)ccc(c6cccc1c62)c54)c1ccccc1O3. The van der Waals surface area contributed by atoms with Crippen LogP contribution in [0.5, 0.6) is 23.0 Å². The molecule has 10 aromatic rings. The molecule has 0 aromatic heterocycles. The molecule has 280 valence electrons. The smallest absolute Gasteiger partial charge is 0.152 e. The zero-order chi connectivity index (χ0) is 39.0. The van der Waals surface area contributed by atoms with Gasteiger partial charge in [0, 0.05) is 16.2 Å². The summed E-state index contributed by atoms with van der Waals surface area (Å²) in [6, 6.07) is 61.9. The van der Waals surface area contributed by atoms with Crippen molar-refractivity contribution in [3.05, 3.63) is 181 Å². The minimum atomic E-state index is -0.0594. The highest BCUT2D eigenvalue weighted by atomic mass is 16.5. The molecule has 4 nitrogen and oxygen atoms in total. The summed E-state index contributed by atoms with van der Waals surface area (Å²) in [6.45, 7) is 4.68. The van der Waals surface area contributed by atoms with Crippen LogP contribution in [0.15, 0.2) is 170 Å². The van der Waals surface area contributed by atoms with Gasteiger partial charge in [0.05, 0.1) is 34.1 Å². The summed E-state index contributed by atoms with van der Waals surface area (Å²) >= 11 is 0. The van der Waals surface area contributed by atoms with Crippen molar-refractivity contribution in [2.24, 2.45) is 0 Å². The Kier molecular flexibility index (Phi) is 6.59. The summed E-state index contributed by atoms with van der Waals surface area (Å²) in [6.07, 6.45) is 2.06. The van der Waals surface area contributed by atoms with Gasteiger partial charge in [-0.1, -0.05) is 123 Å². The van der Waals surface area contributed by atoms with E-state index in [2.05, 4.69) is 181 Å². The third-order valence-electron chi connectivity index (χ3n) is 13.7. The summed E-state index contributed by atoms with van der Waals surface area (Å²) in [5, 5.41) is 9.96. The van der Waals surface area contributed by atoms with E-state index < -0.39 is 0 Å². The molecule has 3 aliphatic rings. The van der Waals surface area contributed by atoms with Crippen LogP contribution in [-0.2, 0) is 5.41 Å². The second-order valence-corrected chi connectivity index (χ2v) is 16.2. The third-order valence-corrected chi connectivity index (χ3v) is 13.7. The summed E-state index contributed by atoms with van der Waals surface area (Å²) in [4.78, 5) is 4.83. The first-order chi connectivity index (χ1) is 29.2. The molecule has 0 unspecified atom stereocenters. The maximum absolute atomic E-state index is 6.83. The van der Waals surface area contributed by atoms with Crippen molar-refractivity contribution in [1.29, 1.82) is 0 Å². The Morgan fingerprint density at radius 1 is 0.356 bits per heavy atom. The second-order valence-electron chi connectivity index (χ2n) is 16.2. The highest BCUT2D eigenvalue weighted by Crippen LogP contribution is 2.60. The molecule has 10 aromatic carbocycles. The number of hydrogen-bond donors (Lipinski definition) is 0. The topological polar surface area (TPSA) is 24.9 Å². The van der Waals surface area contributed by atoms with Gasteiger partial charge in [-0.3, -0.25) is 0 Å². The van der Waals surface area contributed by atoms with Crippen molar-refractivity contribution in [3.8, 4) is 34.1 Å². The summed E-state index contributed by atoms with van der Waals surface area (Å²) < 4.78 is 13.2. The fourth-order valence-corrected chi connectivity index (χ4v) is 11.0. The number of para-hydroxylation sites is 6. The van der Waals surface area contributed by atoms with Gasteiger partial charge in [-0.2, -0.15) is 0 Å². The Morgan fingerprint density at radius 3 is 1.37 bits per heavy atom. The largest absolute Gasteiger partial charge is 0.453 e. The van der Waals surface area contributed by atoms with Gasteiger partial charge in [-0.05, 0) is 128 Å². The van der Waals surface area contributed by atoms with E-state index in [9.17, 15) is 0 Å². The lowest BCUT2D eigenvalue weighted by Crippen LogP contribution is -2.24. The number of rotatable bonds is 4. The number of ether oxygens (including phenoxy) is 2. The van der Waals surface area contributed by atoms with Crippen LogP contribution >= 0.6 is 0 Å². The summed E-state index contributed by atoms with van der Waals surface area (Å²) in [7, 11) is 0. The maximum Gasteiger partial charge on any atom is 0.152 e. The zero-order valence-corrected chi connectivity index (χ0v) is 32.8. The Labute approximate surface area is 342 Å². The van der Waals surface area contributed by atoms with Crippen LogP contribution in [0.3, 0.4) is 0 Å². The Hall–Kier alpha value is -7.30. The van der Waals surface area contributed by atoms with Gasteiger partial charge in [0.25, 0.3) is 0 Å². The monoisotopic (exact) mass is 758 g/mol. The van der Waals surface area contributed by atoms with Crippen LogP contribution < -0.4 is 19.3 Å². The van der Waals surface area contributed by atoms with Gasteiger partial charge in [-0.15, -0.1) is 0 Å².